The molecule has 170 valence electrons. The summed E-state index contributed by atoms with van der Waals surface area (Å²) in [6.45, 7) is 7.75. The molecule has 1 aromatic rings. The van der Waals surface area contributed by atoms with E-state index in [0.717, 1.165) is 25.9 Å². The first kappa shape index (κ1) is 22.7. The first-order chi connectivity index (χ1) is 14.7. The molecule has 0 aromatic heterocycles. The van der Waals surface area contributed by atoms with Crippen LogP contribution in [0.5, 0.6) is 11.5 Å². The van der Waals surface area contributed by atoms with Crippen LogP contribution < -0.4 is 25.4 Å². The average molecular weight is 434 g/mol. The van der Waals surface area contributed by atoms with Crippen LogP contribution in [0.3, 0.4) is 0 Å². The molecule has 3 rings (SSSR count). The van der Waals surface area contributed by atoms with Gasteiger partial charge < -0.3 is 24.8 Å². The molecule has 1 fully saturated rings. The van der Waals surface area contributed by atoms with Gasteiger partial charge >= 0.3 is 12.1 Å². The van der Waals surface area contributed by atoms with E-state index >= 15 is 0 Å². The molecule has 0 unspecified atom stereocenters. The van der Waals surface area contributed by atoms with Crippen molar-refractivity contribution in [3.8, 4) is 11.5 Å². The normalized spacial score (nSPS) is 16.5. The highest BCUT2D eigenvalue weighted by Gasteiger charge is 2.23. The SMILES string of the molecule is CC(C)(C)OC(=O)NCC1CCN(CC(=O)NC(=O)Nc2ccc3c(c2)OCO3)CC1. The van der Waals surface area contributed by atoms with Crippen molar-refractivity contribution in [3.63, 3.8) is 0 Å². The Bertz CT molecular complexity index is 815. The number of hydrogen-bond donors (Lipinski definition) is 3. The second-order valence-electron chi connectivity index (χ2n) is 8.67. The van der Waals surface area contributed by atoms with Crippen molar-refractivity contribution in [2.24, 2.45) is 5.92 Å². The summed E-state index contributed by atoms with van der Waals surface area (Å²) >= 11 is 0. The first-order valence-electron chi connectivity index (χ1n) is 10.4. The molecule has 0 atom stereocenters. The molecule has 0 bridgehead atoms. The van der Waals surface area contributed by atoms with E-state index < -0.39 is 17.7 Å². The van der Waals surface area contributed by atoms with Gasteiger partial charge in [0.15, 0.2) is 11.5 Å². The molecule has 0 saturated carbocycles. The molecule has 4 amide bonds. The van der Waals surface area contributed by atoms with Gasteiger partial charge in [-0.3, -0.25) is 15.0 Å². The molecular formula is C21H30N4O6. The monoisotopic (exact) mass is 434 g/mol. The Morgan fingerprint density at radius 3 is 2.55 bits per heavy atom. The maximum atomic E-state index is 12.2. The van der Waals surface area contributed by atoms with Crippen molar-refractivity contribution in [2.75, 3.05) is 38.3 Å². The molecule has 3 N–H and O–H groups in total. The molecule has 1 aromatic carbocycles. The number of anilines is 1. The second kappa shape index (κ2) is 9.86. The summed E-state index contributed by atoms with van der Waals surface area (Å²) in [6.07, 6.45) is 1.29. The molecule has 1 saturated heterocycles. The van der Waals surface area contributed by atoms with Crippen molar-refractivity contribution in [2.45, 2.75) is 39.2 Å². The maximum absolute atomic E-state index is 12.2. The topological polar surface area (TPSA) is 118 Å². The van der Waals surface area contributed by atoms with Crippen LogP contribution in [0.15, 0.2) is 18.2 Å². The summed E-state index contributed by atoms with van der Waals surface area (Å²) in [6, 6.07) is 4.41. The van der Waals surface area contributed by atoms with Crippen LogP contribution in [-0.4, -0.2) is 61.5 Å². The lowest BCUT2D eigenvalue weighted by Crippen LogP contribution is -2.45. The highest BCUT2D eigenvalue weighted by molar-refractivity contribution is 6.01. The summed E-state index contributed by atoms with van der Waals surface area (Å²) in [7, 11) is 0. The Kier molecular flexibility index (Phi) is 7.21. The van der Waals surface area contributed by atoms with Crippen molar-refractivity contribution in [3.05, 3.63) is 18.2 Å². The number of alkyl carbamates (subject to hydrolysis) is 1. The number of fused-ring (bicyclic) bond motifs is 1. The molecule has 10 heteroatoms. The van der Waals surface area contributed by atoms with Gasteiger partial charge in [-0.2, -0.15) is 0 Å². The van der Waals surface area contributed by atoms with Crippen LogP contribution in [0.2, 0.25) is 0 Å². The molecule has 0 radical (unpaired) electrons. The summed E-state index contributed by atoms with van der Waals surface area (Å²) in [5.41, 5.74) is -0.0108. The lowest BCUT2D eigenvalue weighted by atomic mass is 9.97. The Morgan fingerprint density at radius 2 is 1.84 bits per heavy atom. The predicted octanol–water partition coefficient (Wildman–Crippen LogP) is 2.30. The summed E-state index contributed by atoms with van der Waals surface area (Å²) in [4.78, 5) is 38.0. The molecule has 2 aliphatic rings. The van der Waals surface area contributed by atoms with Crippen LogP contribution in [0.1, 0.15) is 33.6 Å². The third-order valence-corrected chi connectivity index (χ3v) is 4.89. The van der Waals surface area contributed by atoms with Crippen molar-refractivity contribution in [1.29, 1.82) is 0 Å². The summed E-state index contributed by atoms with van der Waals surface area (Å²) < 4.78 is 15.7. The molecule has 0 spiro atoms. The minimum atomic E-state index is -0.597. The van der Waals surface area contributed by atoms with Crippen LogP contribution in [0.4, 0.5) is 15.3 Å². The van der Waals surface area contributed by atoms with E-state index in [2.05, 4.69) is 16.0 Å². The molecule has 2 aliphatic heterocycles. The Labute approximate surface area is 181 Å². The fraction of sp³-hybridized carbons (Fsp3) is 0.571. The molecule has 2 heterocycles. The van der Waals surface area contributed by atoms with Gasteiger partial charge in [0.2, 0.25) is 12.7 Å². The van der Waals surface area contributed by atoms with E-state index in [-0.39, 0.29) is 19.2 Å². The van der Waals surface area contributed by atoms with Crippen LogP contribution in [-0.2, 0) is 9.53 Å². The highest BCUT2D eigenvalue weighted by Crippen LogP contribution is 2.34. The quantitative estimate of drug-likeness (QED) is 0.651. The van der Waals surface area contributed by atoms with Gasteiger partial charge in [-0.1, -0.05) is 0 Å². The zero-order chi connectivity index (χ0) is 22.4. The number of likely N-dealkylation sites (tertiary alicyclic amines) is 1. The van der Waals surface area contributed by atoms with Gasteiger partial charge in [-0.15, -0.1) is 0 Å². The standard InChI is InChI=1S/C21H30N4O6/c1-21(2,3)31-20(28)22-11-14-6-8-25(9-7-14)12-18(26)24-19(27)23-15-4-5-16-17(10-15)30-13-29-16/h4-5,10,14H,6-9,11-13H2,1-3H3,(H,22,28)(H2,23,24,26,27). The van der Waals surface area contributed by atoms with Gasteiger partial charge in [0.25, 0.3) is 0 Å². The lowest BCUT2D eigenvalue weighted by molar-refractivity contribution is -0.121. The third kappa shape index (κ3) is 7.32. The minimum absolute atomic E-state index is 0.140. The number of urea groups is 1. The smallest absolute Gasteiger partial charge is 0.407 e. The Balaban J connectivity index is 1.33. The van der Waals surface area contributed by atoms with Crippen molar-refractivity contribution < 1.29 is 28.6 Å². The fourth-order valence-electron chi connectivity index (χ4n) is 3.40. The Morgan fingerprint density at radius 1 is 1.13 bits per heavy atom. The maximum Gasteiger partial charge on any atom is 0.407 e. The third-order valence-electron chi connectivity index (χ3n) is 4.89. The largest absolute Gasteiger partial charge is 0.454 e. The number of carbonyl (C=O) groups excluding carboxylic acids is 3. The van der Waals surface area contributed by atoms with Gasteiger partial charge in [-0.25, -0.2) is 9.59 Å². The molecule has 0 aliphatic carbocycles. The van der Waals surface area contributed by atoms with Crippen LogP contribution >= 0.6 is 0 Å². The second-order valence-corrected chi connectivity index (χ2v) is 8.67. The van der Waals surface area contributed by atoms with Crippen LogP contribution in [0, 0.1) is 5.92 Å². The number of carbonyl (C=O) groups is 3. The van der Waals surface area contributed by atoms with Gasteiger partial charge in [0, 0.05) is 18.3 Å². The van der Waals surface area contributed by atoms with Gasteiger partial charge in [-0.05, 0) is 64.8 Å². The van der Waals surface area contributed by atoms with Crippen molar-refractivity contribution in [1.82, 2.24) is 15.5 Å². The first-order valence-corrected chi connectivity index (χ1v) is 10.4. The predicted molar refractivity (Wildman–Crippen MR) is 113 cm³/mol. The molecule has 31 heavy (non-hydrogen) atoms. The highest BCUT2D eigenvalue weighted by atomic mass is 16.7. The Hall–Kier alpha value is -3.01. The zero-order valence-corrected chi connectivity index (χ0v) is 18.2. The summed E-state index contributed by atoms with van der Waals surface area (Å²) in [5, 5.41) is 7.75. The molecular weight excluding hydrogens is 404 g/mol. The number of ether oxygens (including phenoxy) is 3. The van der Waals surface area contributed by atoms with E-state index in [4.69, 9.17) is 14.2 Å². The number of rotatable bonds is 5. The van der Waals surface area contributed by atoms with Crippen LogP contribution in [0.25, 0.3) is 0 Å². The average Bonchev–Trinajstić information content (AvgIpc) is 3.13. The number of nitrogens with one attached hydrogen (secondary N) is 3. The summed E-state index contributed by atoms with van der Waals surface area (Å²) in [5.74, 6) is 1.13. The number of imide groups is 1. The number of amides is 4. The van der Waals surface area contributed by atoms with E-state index in [1.165, 1.54) is 0 Å². The number of piperidine rings is 1. The lowest BCUT2D eigenvalue weighted by Gasteiger charge is -2.31. The van der Waals surface area contributed by atoms with Gasteiger partial charge in [0.05, 0.1) is 6.54 Å². The van der Waals surface area contributed by atoms with E-state index in [0.29, 0.717) is 29.6 Å². The van der Waals surface area contributed by atoms with Gasteiger partial charge in [0.1, 0.15) is 5.60 Å². The van der Waals surface area contributed by atoms with E-state index in [1.54, 1.807) is 18.2 Å². The fourth-order valence-corrected chi connectivity index (χ4v) is 3.40. The van der Waals surface area contributed by atoms with E-state index in [9.17, 15) is 14.4 Å². The zero-order valence-electron chi connectivity index (χ0n) is 18.2. The number of benzene rings is 1. The van der Waals surface area contributed by atoms with Crippen molar-refractivity contribution >= 4 is 23.7 Å². The molecule has 10 nitrogen and oxygen atoms in total. The number of hydrogen-bond acceptors (Lipinski definition) is 7. The van der Waals surface area contributed by atoms with E-state index in [1.807, 2.05) is 25.7 Å². The number of nitrogens with zero attached hydrogens (tertiary/aromatic N) is 1. The minimum Gasteiger partial charge on any atom is -0.454 e.